The fourth-order valence-electron chi connectivity index (χ4n) is 2.51. The first-order chi connectivity index (χ1) is 11.0. The summed E-state index contributed by atoms with van der Waals surface area (Å²) in [5.74, 6) is -0.326. The molecule has 0 atom stereocenters. The summed E-state index contributed by atoms with van der Waals surface area (Å²) >= 11 is 0. The van der Waals surface area contributed by atoms with Gasteiger partial charge in [-0.1, -0.05) is 12.6 Å². The van der Waals surface area contributed by atoms with E-state index >= 15 is 0 Å². The van der Waals surface area contributed by atoms with Gasteiger partial charge in [-0.05, 0) is 30.7 Å². The summed E-state index contributed by atoms with van der Waals surface area (Å²) in [5, 5.41) is 0. The minimum atomic E-state index is -0.428. The third-order valence-corrected chi connectivity index (χ3v) is 3.61. The minimum absolute atomic E-state index is 0.115. The maximum atomic E-state index is 12.6. The van der Waals surface area contributed by atoms with Crippen LogP contribution >= 0.6 is 0 Å². The van der Waals surface area contributed by atoms with Crippen LogP contribution in [0.5, 0.6) is 5.75 Å². The Balaban J connectivity index is 2.07. The second-order valence-corrected chi connectivity index (χ2v) is 5.30. The molecule has 0 unspecified atom stereocenters. The van der Waals surface area contributed by atoms with Gasteiger partial charge in [-0.25, -0.2) is 0 Å². The van der Waals surface area contributed by atoms with Crippen molar-refractivity contribution in [3.63, 3.8) is 0 Å². The van der Waals surface area contributed by atoms with Crippen LogP contribution < -0.4 is 4.74 Å². The molecular formula is C17H20N2O4. The molecule has 23 heavy (non-hydrogen) atoms. The minimum Gasteiger partial charge on any atom is -0.427 e. The Hall–Kier alpha value is -2.63. The number of hydrogen-bond acceptors (Lipinski definition) is 4. The normalized spacial score (nSPS) is 14.8. The van der Waals surface area contributed by atoms with Crippen molar-refractivity contribution in [2.45, 2.75) is 13.3 Å². The van der Waals surface area contributed by atoms with E-state index in [4.69, 9.17) is 4.74 Å². The molecule has 122 valence electrons. The number of esters is 1. The van der Waals surface area contributed by atoms with E-state index in [2.05, 4.69) is 6.58 Å². The molecule has 0 aromatic heterocycles. The smallest absolute Gasteiger partial charge is 0.308 e. The van der Waals surface area contributed by atoms with Gasteiger partial charge in [0.2, 0.25) is 5.91 Å². The van der Waals surface area contributed by atoms with Crippen LogP contribution in [0, 0.1) is 0 Å². The predicted molar refractivity (Wildman–Crippen MR) is 85.0 cm³/mol. The second-order valence-electron chi connectivity index (χ2n) is 5.30. The Morgan fingerprint density at radius 3 is 2.52 bits per heavy atom. The number of rotatable bonds is 3. The van der Waals surface area contributed by atoms with Crippen molar-refractivity contribution in [3.05, 3.63) is 42.5 Å². The lowest BCUT2D eigenvalue weighted by atomic mass is 10.2. The second kappa shape index (κ2) is 7.58. The molecule has 0 saturated carbocycles. The monoisotopic (exact) mass is 316 g/mol. The quantitative estimate of drug-likeness (QED) is 0.481. The average molecular weight is 316 g/mol. The van der Waals surface area contributed by atoms with Gasteiger partial charge in [-0.3, -0.25) is 14.4 Å². The summed E-state index contributed by atoms with van der Waals surface area (Å²) in [4.78, 5) is 38.7. The zero-order chi connectivity index (χ0) is 16.8. The Morgan fingerprint density at radius 2 is 1.83 bits per heavy atom. The van der Waals surface area contributed by atoms with Crippen molar-refractivity contribution in [2.24, 2.45) is 0 Å². The van der Waals surface area contributed by atoms with Crippen molar-refractivity contribution in [1.82, 2.24) is 9.80 Å². The Labute approximate surface area is 135 Å². The number of ether oxygens (including phenoxy) is 1. The van der Waals surface area contributed by atoms with Crippen molar-refractivity contribution in [3.8, 4) is 5.75 Å². The van der Waals surface area contributed by atoms with Crippen LogP contribution in [0.4, 0.5) is 0 Å². The van der Waals surface area contributed by atoms with Crippen LogP contribution in [0.2, 0.25) is 0 Å². The van der Waals surface area contributed by atoms with E-state index in [0.29, 0.717) is 37.5 Å². The molecule has 1 saturated heterocycles. The molecule has 2 rings (SSSR count). The van der Waals surface area contributed by atoms with Gasteiger partial charge >= 0.3 is 5.97 Å². The predicted octanol–water partition coefficient (Wildman–Crippen LogP) is 1.47. The highest BCUT2D eigenvalue weighted by molar-refractivity contribution is 5.95. The van der Waals surface area contributed by atoms with E-state index in [0.717, 1.165) is 6.42 Å². The summed E-state index contributed by atoms with van der Waals surface area (Å²) in [6.45, 7) is 6.95. The molecule has 1 aliphatic heterocycles. The highest BCUT2D eigenvalue weighted by atomic mass is 16.5. The maximum absolute atomic E-state index is 12.6. The molecule has 0 spiro atoms. The van der Waals surface area contributed by atoms with E-state index in [-0.39, 0.29) is 11.8 Å². The number of hydrogen-bond donors (Lipinski definition) is 0. The van der Waals surface area contributed by atoms with E-state index in [1.165, 1.54) is 13.0 Å². The van der Waals surface area contributed by atoms with Gasteiger partial charge in [-0.15, -0.1) is 0 Å². The Bertz CT molecular complexity index is 627. The van der Waals surface area contributed by atoms with Crippen molar-refractivity contribution in [1.29, 1.82) is 0 Å². The van der Waals surface area contributed by atoms with Gasteiger partial charge in [0, 0.05) is 38.7 Å². The molecule has 1 fully saturated rings. The lowest BCUT2D eigenvalue weighted by Gasteiger charge is -2.21. The first-order valence-corrected chi connectivity index (χ1v) is 7.50. The van der Waals surface area contributed by atoms with E-state index < -0.39 is 5.97 Å². The molecule has 1 aromatic rings. The van der Waals surface area contributed by atoms with Crippen LogP contribution in [0.1, 0.15) is 23.7 Å². The highest BCUT2D eigenvalue weighted by Crippen LogP contribution is 2.16. The van der Waals surface area contributed by atoms with Crippen LogP contribution in [-0.2, 0) is 9.59 Å². The standard InChI is InChI=1S/C17H20N2O4/c1-3-16(21)18-8-5-9-19(11-10-18)17(22)14-6-4-7-15(12-14)23-13(2)20/h3-4,6-7,12H,1,5,8-11H2,2H3. The van der Waals surface area contributed by atoms with Crippen LogP contribution in [0.15, 0.2) is 36.9 Å². The maximum Gasteiger partial charge on any atom is 0.308 e. The van der Waals surface area contributed by atoms with Crippen LogP contribution in [0.3, 0.4) is 0 Å². The highest BCUT2D eigenvalue weighted by Gasteiger charge is 2.22. The van der Waals surface area contributed by atoms with E-state index in [1.807, 2.05) is 0 Å². The molecule has 2 amide bonds. The Morgan fingerprint density at radius 1 is 1.13 bits per heavy atom. The summed E-state index contributed by atoms with van der Waals surface area (Å²) in [6.07, 6.45) is 2.01. The van der Waals surface area contributed by atoms with Crippen molar-refractivity contribution < 1.29 is 19.1 Å². The SMILES string of the molecule is C=CC(=O)N1CCCN(C(=O)c2cccc(OC(C)=O)c2)CC1. The first kappa shape index (κ1) is 16.7. The van der Waals surface area contributed by atoms with Gasteiger partial charge in [0.1, 0.15) is 5.75 Å². The third-order valence-electron chi connectivity index (χ3n) is 3.61. The largest absolute Gasteiger partial charge is 0.427 e. The average Bonchev–Trinajstić information content (AvgIpc) is 2.79. The summed E-state index contributed by atoms with van der Waals surface area (Å²) in [7, 11) is 0. The molecule has 0 radical (unpaired) electrons. The fourth-order valence-corrected chi connectivity index (χ4v) is 2.51. The van der Waals surface area contributed by atoms with Gasteiger partial charge in [0.05, 0.1) is 0 Å². The van der Waals surface area contributed by atoms with Gasteiger partial charge < -0.3 is 14.5 Å². The van der Waals surface area contributed by atoms with Gasteiger partial charge in [-0.2, -0.15) is 0 Å². The number of carbonyl (C=O) groups excluding carboxylic acids is 3. The van der Waals surface area contributed by atoms with Gasteiger partial charge in [0.15, 0.2) is 0 Å². The van der Waals surface area contributed by atoms with Crippen molar-refractivity contribution in [2.75, 3.05) is 26.2 Å². The number of benzene rings is 1. The molecule has 1 aliphatic rings. The van der Waals surface area contributed by atoms with E-state index in [1.54, 1.807) is 34.1 Å². The molecule has 0 aliphatic carbocycles. The topological polar surface area (TPSA) is 66.9 Å². The van der Waals surface area contributed by atoms with E-state index in [9.17, 15) is 14.4 Å². The van der Waals surface area contributed by atoms with Gasteiger partial charge in [0.25, 0.3) is 5.91 Å². The molecule has 1 heterocycles. The Kier molecular flexibility index (Phi) is 5.51. The van der Waals surface area contributed by atoms with Crippen LogP contribution in [0.25, 0.3) is 0 Å². The number of carbonyl (C=O) groups is 3. The molecule has 1 aromatic carbocycles. The van der Waals surface area contributed by atoms with Crippen molar-refractivity contribution >= 4 is 17.8 Å². The number of nitrogens with zero attached hydrogens (tertiary/aromatic N) is 2. The van der Waals surface area contributed by atoms with Crippen LogP contribution in [-0.4, -0.2) is 53.8 Å². The third kappa shape index (κ3) is 4.42. The number of amides is 2. The summed E-state index contributed by atoms with van der Waals surface area (Å²) in [6, 6.07) is 6.55. The molecule has 6 heteroatoms. The summed E-state index contributed by atoms with van der Waals surface area (Å²) < 4.78 is 5.01. The molecule has 6 nitrogen and oxygen atoms in total. The first-order valence-electron chi connectivity index (χ1n) is 7.50. The zero-order valence-corrected chi connectivity index (χ0v) is 13.2. The molecular weight excluding hydrogens is 296 g/mol. The molecule has 0 N–H and O–H groups in total. The zero-order valence-electron chi connectivity index (χ0n) is 13.2. The summed E-state index contributed by atoms with van der Waals surface area (Å²) in [5.41, 5.74) is 0.465. The molecule has 0 bridgehead atoms. The lowest BCUT2D eigenvalue weighted by Crippen LogP contribution is -2.36. The fraction of sp³-hybridized carbons (Fsp3) is 0.353. The lowest BCUT2D eigenvalue weighted by molar-refractivity contribution is -0.132.